The third-order valence-corrected chi connectivity index (χ3v) is 4.59. The average molecular weight is 408 g/mol. The smallest absolute Gasteiger partial charge is 0.336 e. The summed E-state index contributed by atoms with van der Waals surface area (Å²) in [5, 5.41) is 0.676. The number of ether oxygens (including phenoxy) is 4. The Hall–Kier alpha value is -3.74. The molecule has 1 aliphatic heterocycles. The first-order valence-electron chi connectivity index (χ1n) is 9.47. The quantitative estimate of drug-likeness (QED) is 0.361. The van der Waals surface area contributed by atoms with E-state index in [1.165, 1.54) is 19.3 Å². The van der Waals surface area contributed by atoms with E-state index >= 15 is 0 Å². The van der Waals surface area contributed by atoms with Gasteiger partial charge >= 0.3 is 11.6 Å². The highest BCUT2D eigenvalue weighted by atomic mass is 16.5. The molecular weight excluding hydrogens is 388 g/mol. The van der Waals surface area contributed by atoms with Crippen molar-refractivity contribution in [3.8, 4) is 17.2 Å². The molecule has 0 spiro atoms. The molecule has 1 aromatic heterocycles. The largest absolute Gasteiger partial charge is 0.497 e. The summed E-state index contributed by atoms with van der Waals surface area (Å²) in [6.45, 7) is 1.15. The molecule has 4 rings (SSSR count). The van der Waals surface area contributed by atoms with Crippen molar-refractivity contribution >= 4 is 23.0 Å². The van der Waals surface area contributed by atoms with Crippen molar-refractivity contribution in [3.05, 3.63) is 70.1 Å². The van der Waals surface area contributed by atoms with E-state index in [1.54, 1.807) is 24.3 Å². The Morgan fingerprint density at radius 3 is 2.73 bits per heavy atom. The van der Waals surface area contributed by atoms with Crippen LogP contribution in [-0.2, 0) is 16.1 Å². The Labute approximate surface area is 172 Å². The van der Waals surface area contributed by atoms with Crippen molar-refractivity contribution in [1.29, 1.82) is 0 Å². The van der Waals surface area contributed by atoms with Crippen molar-refractivity contribution in [2.24, 2.45) is 0 Å². The Kier molecular flexibility index (Phi) is 5.70. The molecule has 0 N–H and O–H groups in total. The van der Waals surface area contributed by atoms with Crippen LogP contribution in [0.2, 0.25) is 0 Å². The molecule has 2 aromatic carbocycles. The van der Waals surface area contributed by atoms with Gasteiger partial charge in [0.15, 0.2) is 11.5 Å². The van der Waals surface area contributed by atoms with Crippen LogP contribution < -0.4 is 19.8 Å². The predicted octanol–water partition coefficient (Wildman–Crippen LogP) is 3.72. The predicted molar refractivity (Wildman–Crippen MR) is 110 cm³/mol. The van der Waals surface area contributed by atoms with Gasteiger partial charge in [-0.15, -0.1) is 0 Å². The number of rotatable bonds is 5. The highest BCUT2D eigenvalue weighted by molar-refractivity contribution is 5.87. The summed E-state index contributed by atoms with van der Waals surface area (Å²) in [5.41, 5.74) is 1.19. The minimum Gasteiger partial charge on any atom is -0.497 e. The summed E-state index contributed by atoms with van der Waals surface area (Å²) in [4.78, 5) is 24.0. The maximum absolute atomic E-state index is 12.2. The van der Waals surface area contributed by atoms with Gasteiger partial charge in [0, 0.05) is 35.6 Å². The van der Waals surface area contributed by atoms with Gasteiger partial charge in [0.05, 0.1) is 20.3 Å². The van der Waals surface area contributed by atoms with Gasteiger partial charge in [0.2, 0.25) is 0 Å². The number of benzene rings is 2. The van der Waals surface area contributed by atoms with Crippen LogP contribution in [0.4, 0.5) is 0 Å². The highest BCUT2D eigenvalue weighted by Crippen LogP contribution is 2.30. The molecule has 30 heavy (non-hydrogen) atoms. The van der Waals surface area contributed by atoms with Crippen molar-refractivity contribution in [1.82, 2.24) is 0 Å². The van der Waals surface area contributed by atoms with E-state index in [4.69, 9.17) is 23.4 Å². The fourth-order valence-electron chi connectivity index (χ4n) is 3.10. The number of carbonyl (C=O) groups excluding carboxylic acids is 1. The first-order chi connectivity index (χ1) is 14.6. The molecule has 0 radical (unpaired) electrons. The number of methoxy groups -OCH3 is 1. The molecule has 7 nitrogen and oxygen atoms in total. The fraction of sp³-hybridized carbons (Fsp3) is 0.217. The molecule has 0 bridgehead atoms. The molecular formula is C23H20O7. The van der Waals surface area contributed by atoms with E-state index < -0.39 is 11.6 Å². The molecule has 0 aliphatic carbocycles. The van der Waals surface area contributed by atoms with Gasteiger partial charge in [-0.25, -0.2) is 9.59 Å². The van der Waals surface area contributed by atoms with E-state index in [0.717, 1.165) is 12.0 Å². The van der Waals surface area contributed by atoms with Crippen LogP contribution in [0.25, 0.3) is 17.0 Å². The average Bonchev–Trinajstić information content (AvgIpc) is 3.00. The van der Waals surface area contributed by atoms with Crippen LogP contribution in [-0.4, -0.2) is 26.3 Å². The zero-order valence-corrected chi connectivity index (χ0v) is 16.4. The second-order valence-corrected chi connectivity index (χ2v) is 6.65. The van der Waals surface area contributed by atoms with E-state index in [9.17, 15) is 9.59 Å². The molecule has 1 aliphatic rings. The molecule has 2 heterocycles. The maximum Gasteiger partial charge on any atom is 0.336 e. The summed E-state index contributed by atoms with van der Waals surface area (Å²) >= 11 is 0. The van der Waals surface area contributed by atoms with Gasteiger partial charge < -0.3 is 23.4 Å². The minimum atomic E-state index is -0.531. The number of hydrogen-bond acceptors (Lipinski definition) is 7. The van der Waals surface area contributed by atoms with E-state index in [2.05, 4.69) is 0 Å². The summed E-state index contributed by atoms with van der Waals surface area (Å²) in [5.74, 6) is 1.38. The molecule has 0 atom stereocenters. The molecule has 0 amide bonds. The first kappa shape index (κ1) is 19.6. The van der Waals surface area contributed by atoms with Crippen LogP contribution in [0.1, 0.15) is 17.5 Å². The van der Waals surface area contributed by atoms with Crippen molar-refractivity contribution in [2.45, 2.75) is 13.0 Å². The summed E-state index contributed by atoms with van der Waals surface area (Å²) < 4.78 is 26.9. The Morgan fingerprint density at radius 2 is 1.90 bits per heavy atom. The summed E-state index contributed by atoms with van der Waals surface area (Å²) in [6.07, 6.45) is 3.79. The van der Waals surface area contributed by atoms with Crippen molar-refractivity contribution in [2.75, 3.05) is 20.3 Å². The lowest BCUT2D eigenvalue weighted by Gasteiger charge is -2.08. The standard InChI is InChI=1S/C23H20O7/c1-26-17-5-6-18-16(12-23(25)30-20(18)13-17)14-29-22(24)8-4-15-3-7-19-21(11-15)28-10-2-9-27-19/h3-8,11-13H,2,9-10,14H2,1H3/b8-4+. The summed E-state index contributed by atoms with van der Waals surface area (Å²) in [6, 6.07) is 11.9. The highest BCUT2D eigenvalue weighted by Gasteiger charge is 2.11. The normalized spacial score (nSPS) is 13.2. The first-order valence-corrected chi connectivity index (χ1v) is 9.47. The van der Waals surface area contributed by atoms with Gasteiger partial charge in [0.25, 0.3) is 0 Å². The molecule has 7 heteroatoms. The third kappa shape index (κ3) is 4.46. The number of fused-ring (bicyclic) bond motifs is 2. The fourth-order valence-corrected chi connectivity index (χ4v) is 3.10. The topological polar surface area (TPSA) is 84.2 Å². The van der Waals surface area contributed by atoms with E-state index in [-0.39, 0.29) is 6.61 Å². The van der Waals surface area contributed by atoms with Gasteiger partial charge in [-0.2, -0.15) is 0 Å². The van der Waals surface area contributed by atoms with Crippen LogP contribution in [0, 0.1) is 0 Å². The molecule has 0 saturated carbocycles. The van der Waals surface area contributed by atoms with Crippen LogP contribution in [0.3, 0.4) is 0 Å². The number of carbonyl (C=O) groups is 1. The Morgan fingerprint density at radius 1 is 1.07 bits per heavy atom. The van der Waals surface area contributed by atoms with Crippen molar-refractivity contribution in [3.63, 3.8) is 0 Å². The van der Waals surface area contributed by atoms with Crippen molar-refractivity contribution < 1.29 is 28.2 Å². The van der Waals surface area contributed by atoms with Gasteiger partial charge in [-0.1, -0.05) is 6.07 Å². The van der Waals surface area contributed by atoms with E-state index in [0.29, 0.717) is 47.0 Å². The number of esters is 1. The molecule has 0 saturated heterocycles. The Bertz CT molecular complexity index is 1160. The molecule has 0 unspecified atom stereocenters. The van der Waals surface area contributed by atoms with E-state index in [1.807, 2.05) is 18.2 Å². The molecule has 154 valence electrons. The lowest BCUT2D eigenvalue weighted by atomic mass is 10.1. The third-order valence-electron chi connectivity index (χ3n) is 4.59. The van der Waals surface area contributed by atoms with Crippen LogP contribution in [0.5, 0.6) is 17.2 Å². The Balaban J connectivity index is 1.45. The monoisotopic (exact) mass is 408 g/mol. The minimum absolute atomic E-state index is 0.0568. The molecule has 3 aromatic rings. The summed E-state index contributed by atoms with van der Waals surface area (Å²) in [7, 11) is 1.53. The number of hydrogen-bond donors (Lipinski definition) is 0. The maximum atomic E-state index is 12.2. The van der Waals surface area contributed by atoms with Gasteiger partial charge in [-0.3, -0.25) is 0 Å². The van der Waals surface area contributed by atoms with Crippen LogP contribution in [0.15, 0.2) is 57.8 Å². The SMILES string of the molecule is COc1ccc2c(COC(=O)/C=C/c3ccc4c(c3)OCCCO4)cc(=O)oc2c1. The van der Waals surface area contributed by atoms with Crippen LogP contribution >= 0.6 is 0 Å². The second kappa shape index (κ2) is 8.73. The zero-order valence-electron chi connectivity index (χ0n) is 16.4. The molecule has 0 fully saturated rings. The van der Waals surface area contributed by atoms with Gasteiger partial charge in [-0.05, 0) is 35.9 Å². The van der Waals surface area contributed by atoms with Gasteiger partial charge in [0.1, 0.15) is 17.9 Å². The lowest BCUT2D eigenvalue weighted by Crippen LogP contribution is -2.05. The lowest BCUT2D eigenvalue weighted by molar-refractivity contribution is -0.138. The zero-order chi connectivity index (χ0) is 20.9. The second-order valence-electron chi connectivity index (χ2n) is 6.65.